The Hall–Kier alpha value is -2.81. The van der Waals surface area contributed by atoms with Crippen LogP contribution in [-0.4, -0.2) is 52.9 Å². The average molecular weight is 448 g/mol. The lowest BCUT2D eigenvalue weighted by Crippen LogP contribution is -2.47. The van der Waals surface area contributed by atoms with Gasteiger partial charge >= 0.3 is 0 Å². The summed E-state index contributed by atoms with van der Waals surface area (Å²) in [6.45, 7) is 7.76. The number of carbonyl (C=O) groups excluding carboxylic acids is 2. The highest BCUT2D eigenvalue weighted by Gasteiger charge is 2.31. The van der Waals surface area contributed by atoms with E-state index in [4.69, 9.17) is 0 Å². The zero-order valence-corrected chi connectivity index (χ0v) is 19.3. The number of amides is 2. The molecule has 1 aliphatic rings. The van der Waals surface area contributed by atoms with E-state index >= 15 is 0 Å². The van der Waals surface area contributed by atoms with Gasteiger partial charge in [0.05, 0.1) is 11.3 Å². The van der Waals surface area contributed by atoms with Crippen LogP contribution in [0.1, 0.15) is 49.8 Å². The van der Waals surface area contributed by atoms with Gasteiger partial charge in [-0.15, -0.1) is 0 Å². The molecule has 0 bridgehead atoms. The first-order valence-corrected chi connectivity index (χ1v) is 10.8. The van der Waals surface area contributed by atoms with Crippen LogP contribution in [0.4, 0.5) is 8.78 Å². The molecule has 1 aromatic carbocycles. The number of halogens is 2. The van der Waals surface area contributed by atoms with Crippen LogP contribution in [0, 0.1) is 17.0 Å². The van der Waals surface area contributed by atoms with Crippen LogP contribution in [0.25, 0.3) is 11.4 Å². The monoisotopic (exact) mass is 447 g/mol. The summed E-state index contributed by atoms with van der Waals surface area (Å²) in [5.41, 5.74) is 0.736. The summed E-state index contributed by atoms with van der Waals surface area (Å²) in [7, 11) is 3.46. The quantitative estimate of drug-likeness (QED) is 0.739. The topological polar surface area (TPSA) is 79.3 Å². The number of nitrogens with one attached hydrogen (secondary N) is 2. The smallest absolute Gasteiger partial charge is 0.272 e. The Kier molecular flexibility index (Phi) is 6.97. The van der Waals surface area contributed by atoms with Crippen LogP contribution in [0.5, 0.6) is 0 Å². The fourth-order valence-corrected chi connectivity index (χ4v) is 4.00. The minimum Gasteiger partial charge on any atom is -0.357 e. The van der Waals surface area contributed by atoms with E-state index in [1.165, 1.54) is 19.2 Å². The molecule has 2 heterocycles. The number of imidazole rings is 1. The molecule has 7 nitrogen and oxygen atoms in total. The molecule has 1 aromatic heterocycles. The number of likely N-dealkylation sites (N-methyl/N-ethyl adjacent to an activating group) is 1. The first kappa shape index (κ1) is 23.8. The van der Waals surface area contributed by atoms with Gasteiger partial charge in [-0.2, -0.15) is 0 Å². The zero-order valence-electron chi connectivity index (χ0n) is 19.3. The van der Waals surface area contributed by atoms with Crippen molar-refractivity contribution in [2.45, 2.75) is 52.7 Å². The van der Waals surface area contributed by atoms with Gasteiger partial charge in [0.1, 0.15) is 23.5 Å². The molecule has 9 heteroatoms. The van der Waals surface area contributed by atoms with Gasteiger partial charge in [0.2, 0.25) is 5.91 Å². The molecule has 0 radical (unpaired) electrons. The number of nitrogens with zero attached hydrogens (tertiary/aromatic N) is 3. The van der Waals surface area contributed by atoms with Gasteiger partial charge in [-0.3, -0.25) is 9.59 Å². The Morgan fingerprint density at radius 2 is 1.94 bits per heavy atom. The van der Waals surface area contributed by atoms with E-state index in [-0.39, 0.29) is 28.4 Å². The van der Waals surface area contributed by atoms with E-state index in [2.05, 4.69) is 20.5 Å². The van der Waals surface area contributed by atoms with Crippen molar-refractivity contribution in [3.8, 4) is 11.4 Å². The molecule has 2 aromatic rings. The lowest BCUT2D eigenvalue weighted by Gasteiger charge is -2.25. The minimum absolute atomic E-state index is 0.133. The molecule has 2 N–H and O–H groups in total. The van der Waals surface area contributed by atoms with E-state index in [9.17, 15) is 18.4 Å². The van der Waals surface area contributed by atoms with Crippen LogP contribution in [0.3, 0.4) is 0 Å². The Morgan fingerprint density at radius 1 is 1.22 bits per heavy atom. The number of carbonyl (C=O) groups is 2. The highest BCUT2D eigenvalue weighted by atomic mass is 19.1. The largest absolute Gasteiger partial charge is 0.357 e. The van der Waals surface area contributed by atoms with Crippen molar-refractivity contribution in [3.05, 3.63) is 41.2 Å². The summed E-state index contributed by atoms with van der Waals surface area (Å²) in [6.07, 6.45) is 1.23. The van der Waals surface area contributed by atoms with Gasteiger partial charge in [-0.05, 0) is 44.0 Å². The van der Waals surface area contributed by atoms with Crippen molar-refractivity contribution in [1.29, 1.82) is 0 Å². The van der Waals surface area contributed by atoms with Gasteiger partial charge in [0.15, 0.2) is 5.69 Å². The average Bonchev–Trinajstić information content (AvgIpc) is 2.92. The van der Waals surface area contributed by atoms with Crippen molar-refractivity contribution in [3.63, 3.8) is 0 Å². The van der Waals surface area contributed by atoms with E-state index < -0.39 is 23.6 Å². The minimum atomic E-state index is -0.738. The summed E-state index contributed by atoms with van der Waals surface area (Å²) < 4.78 is 29.9. The van der Waals surface area contributed by atoms with Crippen molar-refractivity contribution in [1.82, 2.24) is 25.1 Å². The Morgan fingerprint density at radius 3 is 2.56 bits per heavy atom. The first-order chi connectivity index (χ1) is 15.0. The number of rotatable bonds is 5. The summed E-state index contributed by atoms with van der Waals surface area (Å²) in [6, 6.07) is 2.58. The summed E-state index contributed by atoms with van der Waals surface area (Å²) in [5.74, 6) is -1.91. The molecule has 1 atom stereocenters. The van der Waals surface area contributed by atoms with Crippen LogP contribution >= 0.6 is 0 Å². The second-order valence-electron chi connectivity index (χ2n) is 9.50. The van der Waals surface area contributed by atoms with E-state index in [1.54, 1.807) is 0 Å². The molecule has 3 rings (SSSR count). The number of hydrogen-bond donors (Lipinski definition) is 2. The van der Waals surface area contributed by atoms with Crippen LogP contribution < -0.4 is 10.6 Å². The van der Waals surface area contributed by atoms with Crippen LogP contribution in [-0.2, 0) is 17.9 Å². The standard InChI is InChI=1S/C23H31F2N5O2/c1-23(2,3)12-17(21(31)26-4)27-22(32)19-18-13-29(5)9-6-10-30(18)20(28-19)15-8-7-14(24)11-16(15)25/h7-8,11,17H,6,9-10,12-13H2,1-5H3,(H,26,31)(H,27,32). The summed E-state index contributed by atoms with van der Waals surface area (Å²) in [5, 5.41) is 5.41. The lowest BCUT2D eigenvalue weighted by atomic mass is 9.87. The maximum atomic E-state index is 14.6. The van der Waals surface area contributed by atoms with E-state index in [0.717, 1.165) is 19.0 Å². The first-order valence-electron chi connectivity index (χ1n) is 10.8. The van der Waals surface area contributed by atoms with Crippen molar-refractivity contribution < 1.29 is 18.4 Å². The molecular weight excluding hydrogens is 416 g/mol. The Labute approximate surface area is 187 Å². The molecule has 1 unspecified atom stereocenters. The Bertz CT molecular complexity index is 1010. The molecule has 0 fully saturated rings. The number of aromatic nitrogens is 2. The van der Waals surface area contributed by atoms with Crippen molar-refractivity contribution >= 4 is 11.8 Å². The maximum absolute atomic E-state index is 14.6. The van der Waals surface area contributed by atoms with E-state index in [0.29, 0.717) is 25.2 Å². The van der Waals surface area contributed by atoms with Crippen LogP contribution in [0.2, 0.25) is 0 Å². The molecule has 0 aliphatic carbocycles. The van der Waals surface area contributed by atoms with E-state index in [1.807, 2.05) is 32.4 Å². The second kappa shape index (κ2) is 9.36. The van der Waals surface area contributed by atoms with Gasteiger partial charge in [0, 0.05) is 26.2 Å². The molecule has 32 heavy (non-hydrogen) atoms. The van der Waals surface area contributed by atoms with Gasteiger partial charge in [0.25, 0.3) is 5.91 Å². The predicted molar refractivity (Wildman–Crippen MR) is 118 cm³/mol. The van der Waals surface area contributed by atoms with Gasteiger partial charge in [-0.1, -0.05) is 20.8 Å². The lowest BCUT2D eigenvalue weighted by molar-refractivity contribution is -0.123. The predicted octanol–water partition coefficient (Wildman–Crippen LogP) is 2.94. The van der Waals surface area contributed by atoms with Crippen molar-refractivity contribution in [2.24, 2.45) is 5.41 Å². The van der Waals surface area contributed by atoms with Gasteiger partial charge in [-0.25, -0.2) is 13.8 Å². The third-order valence-electron chi connectivity index (χ3n) is 5.49. The number of hydrogen-bond acceptors (Lipinski definition) is 4. The Balaban J connectivity index is 2.04. The molecule has 1 aliphatic heterocycles. The zero-order chi connectivity index (χ0) is 23.6. The number of benzene rings is 1. The summed E-state index contributed by atoms with van der Waals surface area (Å²) >= 11 is 0. The fraction of sp³-hybridized carbons (Fsp3) is 0.522. The van der Waals surface area contributed by atoms with Gasteiger partial charge < -0.3 is 20.1 Å². The third-order valence-corrected chi connectivity index (χ3v) is 5.49. The third kappa shape index (κ3) is 5.32. The highest BCUT2D eigenvalue weighted by Crippen LogP contribution is 2.29. The SMILES string of the molecule is CNC(=O)C(CC(C)(C)C)NC(=O)c1nc(-c2ccc(F)cc2F)n2c1CN(C)CCC2. The highest BCUT2D eigenvalue weighted by molar-refractivity contribution is 5.97. The molecule has 0 saturated carbocycles. The van der Waals surface area contributed by atoms with Crippen LogP contribution in [0.15, 0.2) is 18.2 Å². The second-order valence-corrected chi connectivity index (χ2v) is 9.50. The summed E-state index contributed by atoms with van der Waals surface area (Å²) in [4.78, 5) is 32.3. The molecular formula is C23H31F2N5O2. The van der Waals surface area contributed by atoms with Crippen molar-refractivity contribution in [2.75, 3.05) is 20.6 Å². The maximum Gasteiger partial charge on any atom is 0.272 e. The fourth-order valence-electron chi connectivity index (χ4n) is 4.00. The normalized spacial score (nSPS) is 15.6. The number of fused-ring (bicyclic) bond motifs is 1. The molecule has 0 saturated heterocycles. The molecule has 2 amide bonds. The molecule has 0 spiro atoms. The molecule has 174 valence electrons.